The Hall–Kier alpha value is -1.53. The monoisotopic (exact) mass is 353 g/mol. The Balaban J connectivity index is 2.01. The molecule has 0 aliphatic heterocycles. The van der Waals surface area contributed by atoms with Crippen LogP contribution in [0.15, 0.2) is 29.0 Å². The van der Waals surface area contributed by atoms with Crippen LogP contribution < -0.4 is 14.8 Å². The van der Waals surface area contributed by atoms with Crippen LogP contribution in [0.25, 0.3) is 0 Å². The van der Waals surface area contributed by atoms with E-state index in [1.807, 2.05) is 18.5 Å². The van der Waals surface area contributed by atoms with Crippen molar-refractivity contribution in [3.63, 3.8) is 0 Å². The van der Waals surface area contributed by atoms with Gasteiger partial charge in [-0.3, -0.25) is 5.10 Å². The fraction of sp³-hybridized carbons (Fsp3) is 0.400. The summed E-state index contributed by atoms with van der Waals surface area (Å²) in [6, 6.07) is 4.05. The van der Waals surface area contributed by atoms with Gasteiger partial charge in [0.05, 0.1) is 24.4 Å². The van der Waals surface area contributed by atoms with Crippen LogP contribution in [0.1, 0.15) is 24.5 Å². The van der Waals surface area contributed by atoms with Gasteiger partial charge in [-0.2, -0.15) is 5.10 Å². The standard InChI is InChI=1S/C15H20BrN3O2/c1-3-4-21-15-13(16)5-11(6-14(15)20-2)7-17-8-12-9-18-19-10-12/h5-6,9-10,17H,3-4,7-8H2,1-2H3,(H,18,19). The molecule has 0 fully saturated rings. The van der Waals surface area contributed by atoms with Gasteiger partial charge in [0.15, 0.2) is 11.5 Å². The topological polar surface area (TPSA) is 59.2 Å². The van der Waals surface area contributed by atoms with Crippen LogP contribution in [0, 0.1) is 0 Å². The normalized spacial score (nSPS) is 10.6. The highest BCUT2D eigenvalue weighted by molar-refractivity contribution is 9.10. The SMILES string of the molecule is CCCOc1c(Br)cc(CNCc2cn[nH]c2)cc1OC. The maximum Gasteiger partial charge on any atom is 0.175 e. The number of benzene rings is 1. The van der Waals surface area contributed by atoms with E-state index >= 15 is 0 Å². The van der Waals surface area contributed by atoms with Gasteiger partial charge in [-0.1, -0.05) is 6.92 Å². The van der Waals surface area contributed by atoms with E-state index in [0.29, 0.717) is 6.61 Å². The van der Waals surface area contributed by atoms with Crippen LogP contribution in [0.4, 0.5) is 0 Å². The lowest BCUT2D eigenvalue weighted by atomic mass is 10.2. The fourth-order valence-electron chi connectivity index (χ4n) is 1.94. The molecule has 0 atom stereocenters. The summed E-state index contributed by atoms with van der Waals surface area (Å²) in [4.78, 5) is 0. The summed E-state index contributed by atoms with van der Waals surface area (Å²) in [5, 5.41) is 10.1. The summed E-state index contributed by atoms with van der Waals surface area (Å²) >= 11 is 3.55. The van der Waals surface area contributed by atoms with Gasteiger partial charge in [-0.05, 0) is 40.0 Å². The van der Waals surface area contributed by atoms with Crippen LogP contribution in [0.2, 0.25) is 0 Å². The number of nitrogens with zero attached hydrogens (tertiary/aromatic N) is 1. The lowest BCUT2D eigenvalue weighted by Crippen LogP contribution is -2.12. The second kappa shape index (κ2) is 8.05. The van der Waals surface area contributed by atoms with Crippen molar-refractivity contribution in [3.8, 4) is 11.5 Å². The minimum Gasteiger partial charge on any atom is -0.493 e. The molecule has 0 aliphatic carbocycles. The Labute approximate surface area is 133 Å². The summed E-state index contributed by atoms with van der Waals surface area (Å²) in [5.41, 5.74) is 2.26. The third kappa shape index (κ3) is 4.47. The number of ether oxygens (including phenoxy) is 2. The minimum absolute atomic E-state index is 0.674. The number of aromatic nitrogens is 2. The van der Waals surface area contributed by atoms with Crippen molar-refractivity contribution in [2.45, 2.75) is 26.4 Å². The van der Waals surface area contributed by atoms with Crippen LogP contribution in [-0.4, -0.2) is 23.9 Å². The number of halogens is 1. The van der Waals surface area contributed by atoms with E-state index in [1.54, 1.807) is 7.11 Å². The number of H-pyrrole nitrogens is 1. The van der Waals surface area contributed by atoms with Gasteiger partial charge in [-0.15, -0.1) is 0 Å². The molecular formula is C15H20BrN3O2. The first-order valence-electron chi connectivity index (χ1n) is 6.92. The molecule has 0 saturated heterocycles. The highest BCUT2D eigenvalue weighted by Gasteiger charge is 2.11. The Kier molecular flexibility index (Phi) is 6.07. The quantitative estimate of drug-likeness (QED) is 0.764. The Morgan fingerprint density at radius 3 is 2.76 bits per heavy atom. The van der Waals surface area contributed by atoms with Gasteiger partial charge < -0.3 is 14.8 Å². The van der Waals surface area contributed by atoms with E-state index in [0.717, 1.165) is 46.6 Å². The smallest absolute Gasteiger partial charge is 0.175 e. The molecule has 2 N–H and O–H groups in total. The Morgan fingerprint density at radius 1 is 1.29 bits per heavy atom. The zero-order chi connectivity index (χ0) is 15.1. The van der Waals surface area contributed by atoms with E-state index in [2.05, 4.69) is 44.4 Å². The van der Waals surface area contributed by atoms with E-state index in [-0.39, 0.29) is 0 Å². The zero-order valence-corrected chi connectivity index (χ0v) is 13.9. The molecule has 2 aromatic rings. The van der Waals surface area contributed by atoms with E-state index < -0.39 is 0 Å². The fourth-order valence-corrected chi connectivity index (χ4v) is 2.55. The van der Waals surface area contributed by atoms with Crippen molar-refractivity contribution >= 4 is 15.9 Å². The van der Waals surface area contributed by atoms with Crippen molar-refractivity contribution in [3.05, 3.63) is 40.1 Å². The van der Waals surface area contributed by atoms with E-state index in [9.17, 15) is 0 Å². The first-order chi connectivity index (χ1) is 10.2. The van der Waals surface area contributed by atoms with Crippen LogP contribution in [0.3, 0.4) is 0 Å². The van der Waals surface area contributed by atoms with E-state index in [4.69, 9.17) is 9.47 Å². The molecule has 0 radical (unpaired) electrons. The Bertz CT molecular complexity index is 558. The van der Waals surface area contributed by atoms with Crippen molar-refractivity contribution in [1.82, 2.24) is 15.5 Å². The van der Waals surface area contributed by atoms with Gasteiger partial charge >= 0.3 is 0 Å². The van der Waals surface area contributed by atoms with Gasteiger partial charge in [0.1, 0.15) is 0 Å². The molecule has 0 saturated carbocycles. The number of aromatic amines is 1. The zero-order valence-electron chi connectivity index (χ0n) is 12.3. The number of methoxy groups -OCH3 is 1. The van der Waals surface area contributed by atoms with Crippen molar-refractivity contribution in [2.24, 2.45) is 0 Å². The molecule has 1 aromatic carbocycles. The van der Waals surface area contributed by atoms with Gasteiger partial charge in [0.2, 0.25) is 0 Å². The predicted octanol–water partition coefficient (Wildman–Crippen LogP) is 3.26. The molecule has 6 heteroatoms. The highest BCUT2D eigenvalue weighted by Crippen LogP contribution is 2.36. The molecule has 2 rings (SSSR count). The molecule has 114 valence electrons. The minimum atomic E-state index is 0.674. The average Bonchev–Trinajstić information content (AvgIpc) is 2.99. The highest BCUT2D eigenvalue weighted by atomic mass is 79.9. The third-order valence-corrected chi connectivity index (χ3v) is 3.54. The largest absolute Gasteiger partial charge is 0.493 e. The molecule has 0 amide bonds. The molecule has 0 bridgehead atoms. The first kappa shape index (κ1) is 15.9. The summed E-state index contributed by atoms with van der Waals surface area (Å²) in [6.07, 6.45) is 4.65. The summed E-state index contributed by atoms with van der Waals surface area (Å²) in [7, 11) is 1.66. The van der Waals surface area contributed by atoms with Crippen LogP contribution >= 0.6 is 15.9 Å². The summed E-state index contributed by atoms with van der Waals surface area (Å²) in [5.74, 6) is 1.51. The maximum absolute atomic E-state index is 5.72. The number of rotatable bonds is 8. The third-order valence-electron chi connectivity index (χ3n) is 2.95. The lowest BCUT2D eigenvalue weighted by molar-refractivity contribution is 0.292. The number of hydrogen-bond acceptors (Lipinski definition) is 4. The molecule has 0 unspecified atom stereocenters. The Morgan fingerprint density at radius 2 is 2.10 bits per heavy atom. The van der Waals surface area contributed by atoms with Crippen molar-refractivity contribution in [1.29, 1.82) is 0 Å². The second-order valence-corrected chi connectivity index (χ2v) is 5.52. The maximum atomic E-state index is 5.72. The van der Waals surface area contributed by atoms with Crippen molar-refractivity contribution < 1.29 is 9.47 Å². The summed E-state index contributed by atoms with van der Waals surface area (Å²) < 4.78 is 12.1. The van der Waals surface area contributed by atoms with Gasteiger partial charge in [0.25, 0.3) is 0 Å². The molecule has 0 aliphatic rings. The van der Waals surface area contributed by atoms with Gasteiger partial charge in [0, 0.05) is 24.8 Å². The second-order valence-electron chi connectivity index (χ2n) is 4.67. The average molecular weight is 354 g/mol. The molecule has 0 spiro atoms. The van der Waals surface area contributed by atoms with E-state index in [1.165, 1.54) is 0 Å². The molecular weight excluding hydrogens is 334 g/mol. The molecule has 5 nitrogen and oxygen atoms in total. The molecule has 1 heterocycles. The lowest BCUT2D eigenvalue weighted by Gasteiger charge is -2.14. The first-order valence-corrected chi connectivity index (χ1v) is 7.71. The van der Waals surface area contributed by atoms with Crippen molar-refractivity contribution in [2.75, 3.05) is 13.7 Å². The van der Waals surface area contributed by atoms with Crippen LogP contribution in [0.5, 0.6) is 11.5 Å². The number of nitrogens with one attached hydrogen (secondary N) is 2. The van der Waals surface area contributed by atoms with Crippen LogP contribution in [-0.2, 0) is 13.1 Å². The van der Waals surface area contributed by atoms with Gasteiger partial charge in [-0.25, -0.2) is 0 Å². The number of hydrogen-bond donors (Lipinski definition) is 2. The molecule has 21 heavy (non-hydrogen) atoms. The molecule has 1 aromatic heterocycles. The summed E-state index contributed by atoms with van der Waals surface area (Å²) in [6.45, 7) is 4.26. The predicted molar refractivity (Wildman–Crippen MR) is 85.6 cm³/mol.